The number of nitrogens with zero attached hydrogens (tertiary/aromatic N) is 1. The van der Waals surface area contributed by atoms with Crippen molar-refractivity contribution in [2.24, 2.45) is 5.10 Å². The lowest BCUT2D eigenvalue weighted by Gasteiger charge is -2.07. The second-order valence-corrected chi connectivity index (χ2v) is 7.85. The lowest BCUT2D eigenvalue weighted by atomic mass is 10.1. The highest BCUT2D eigenvalue weighted by Gasteiger charge is 2.14. The molecule has 3 aromatic rings. The molecule has 0 unspecified atom stereocenters. The molecule has 2 N–H and O–H groups in total. The number of anilines is 1. The molecule has 32 heavy (non-hydrogen) atoms. The number of amides is 2. The largest absolute Gasteiger partial charge is 0.423 e. The van der Waals surface area contributed by atoms with E-state index >= 15 is 0 Å². The number of aryl methyl sites for hydroxylation is 2. The second-order valence-electron chi connectivity index (χ2n) is 6.94. The number of hydrazone groups is 1. The molecule has 7 nitrogen and oxygen atoms in total. The summed E-state index contributed by atoms with van der Waals surface area (Å²) in [5.41, 5.74) is 5.68. The Morgan fingerprint density at radius 2 is 1.59 bits per heavy atom. The summed E-state index contributed by atoms with van der Waals surface area (Å²) < 4.78 is 6.21. The van der Waals surface area contributed by atoms with Gasteiger partial charge in [0.2, 0.25) is 0 Å². The first-order valence-electron chi connectivity index (χ1n) is 9.61. The van der Waals surface area contributed by atoms with E-state index in [0.29, 0.717) is 22.6 Å². The smallest absolute Gasteiger partial charge is 0.343 e. The number of carbonyl (C=O) groups excluding carboxylic acids is 3. The average Bonchev–Trinajstić information content (AvgIpc) is 2.77. The minimum atomic E-state index is -0.896. The van der Waals surface area contributed by atoms with Gasteiger partial charge in [0.25, 0.3) is 0 Å². The van der Waals surface area contributed by atoms with Gasteiger partial charge < -0.3 is 10.1 Å². The maximum Gasteiger partial charge on any atom is 0.343 e. The first kappa shape index (κ1) is 22.9. The van der Waals surface area contributed by atoms with Crippen molar-refractivity contribution in [1.82, 2.24) is 5.43 Å². The molecule has 0 spiro atoms. The SMILES string of the molecule is Cc1ccc(C(=O)Oc2ccc(/C=N/NC(=O)C(=O)Nc3ccc(Br)cc3C)cc2)cc1. The summed E-state index contributed by atoms with van der Waals surface area (Å²) in [6.07, 6.45) is 1.38. The van der Waals surface area contributed by atoms with Crippen LogP contribution in [0.2, 0.25) is 0 Å². The van der Waals surface area contributed by atoms with Crippen LogP contribution in [0, 0.1) is 13.8 Å². The summed E-state index contributed by atoms with van der Waals surface area (Å²) in [6, 6.07) is 18.9. The van der Waals surface area contributed by atoms with Crippen molar-refractivity contribution in [3.8, 4) is 5.75 Å². The predicted octanol–water partition coefficient (Wildman–Crippen LogP) is 4.37. The van der Waals surface area contributed by atoms with Gasteiger partial charge in [0.15, 0.2) is 0 Å². The predicted molar refractivity (Wildman–Crippen MR) is 126 cm³/mol. The molecule has 8 heteroatoms. The van der Waals surface area contributed by atoms with Crippen molar-refractivity contribution in [2.45, 2.75) is 13.8 Å². The van der Waals surface area contributed by atoms with Gasteiger partial charge in [-0.25, -0.2) is 10.2 Å². The van der Waals surface area contributed by atoms with Gasteiger partial charge in [0.05, 0.1) is 11.8 Å². The lowest BCUT2D eigenvalue weighted by molar-refractivity contribution is -0.136. The zero-order chi connectivity index (χ0) is 23.1. The van der Waals surface area contributed by atoms with Crippen molar-refractivity contribution in [2.75, 3.05) is 5.32 Å². The van der Waals surface area contributed by atoms with Crippen LogP contribution in [0.25, 0.3) is 0 Å². The molecule has 0 saturated heterocycles. The van der Waals surface area contributed by atoms with Gasteiger partial charge in [0.1, 0.15) is 5.75 Å². The fraction of sp³-hybridized carbons (Fsp3) is 0.0833. The summed E-state index contributed by atoms with van der Waals surface area (Å²) in [7, 11) is 0. The normalized spacial score (nSPS) is 10.6. The number of ether oxygens (including phenoxy) is 1. The molecule has 0 atom stereocenters. The molecule has 0 heterocycles. The molecule has 0 bridgehead atoms. The third-order valence-corrected chi connectivity index (χ3v) is 4.89. The van der Waals surface area contributed by atoms with Gasteiger partial charge in [-0.15, -0.1) is 0 Å². The third kappa shape index (κ3) is 6.36. The highest BCUT2D eigenvalue weighted by Crippen LogP contribution is 2.20. The second kappa shape index (κ2) is 10.5. The Bertz CT molecular complexity index is 1170. The van der Waals surface area contributed by atoms with E-state index < -0.39 is 17.8 Å². The maximum absolute atomic E-state index is 12.2. The Hall–Kier alpha value is -3.78. The fourth-order valence-electron chi connectivity index (χ4n) is 2.64. The van der Waals surface area contributed by atoms with Gasteiger partial charge >= 0.3 is 17.8 Å². The van der Waals surface area contributed by atoms with Crippen LogP contribution in [0.1, 0.15) is 27.0 Å². The number of nitrogens with one attached hydrogen (secondary N) is 2. The number of carbonyl (C=O) groups is 3. The average molecular weight is 494 g/mol. The van der Waals surface area contributed by atoms with Crippen molar-refractivity contribution in [1.29, 1.82) is 0 Å². The lowest BCUT2D eigenvalue weighted by Crippen LogP contribution is -2.32. The molecule has 162 valence electrons. The minimum absolute atomic E-state index is 0.376. The Kier molecular flexibility index (Phi) is 7.51. The van der Waals surface area contributed by atoms with Crippen LogP contribution in [0.5, 0.6) is 5.75 Å². The quantitative estimate of drug-likeness (QED) is 0.181. The van der Waals surface area contributed by atoms with E-state index in [-0.39, 0.29) is 0 Å². The first-order chi connectivity index (χ1) is 15.3. The summed E-state index contributed by atoms with van der Waals surface area (Å²) in [5.74, 6) is -1.80. The molecule has 0 radical (unpaired) electrons. The Morgan fingerprint density at radius 3 is 2.25 bits per heavy atom. The van der Waals surface area contributed by atoms with E-state index in [1.165, 1.54) is 6.21 Å². The van der Waals surface area contributed by atoms with E-state index in [1.807, 2.05) is 32.0 Å². The summed E-state index contributed by atoms with van der Waals surface area (Å²) in [6.45, 7) is 3.76. The van der Waals surface area contributed by atoms with Crippen LogP contribution in [0.4, 0.5) is 5.69 Å². The molecule has 2 amide bonds. The molecule has 0 fully saturated rings. The maximum atomic E-state index is 12.2. The van der Waals surface area contributed by atoms with Crippen molar-refractivity contribution < 1.29 is 19.1 Å². The van der Waals surface area contributed by atoms with Crippen LogP contribution in [0.15, 0.2) is 76.3 Å². The van der Waals surface area contributed by atoms with Gasteiger partial charge in [-0.1, -0.05) is 33.6 Å². The zero-order valence-corrected chi connectivity index (χ0v) is 19.0. The number of hydrogen-bond acceptors (Lipinski definition) is 5. The fourth-order valence-corrected chi connectivity index (χ4v) is 3.12. The highest BCUT2D eigenvalue weighted by atomic mass is 79.9. The van der Waals surface area contributed by atoms with Gasteiger partial charge in [-0.05, 0) is 79.6 Å². The Balaban J connectivity index is 1.51. The number of rotatable bonds is 5. The standard InChI is InChI=1S/C24H20BrN3O4/c1-15-3-7-18(8-4-15)24(31)32-20-10-5-17(6-11-20)14-26-28-23(30)22(29)27-21-12-9-19(25)13-16(21)2/h3-14H,1-2H3,(H,27,29)(H,28,30)/b26-14+. The van der Waals surface area contributed by atoms with Crippen molar-refractivity contribution >= 4 is 45.6 Å². The molecule has 0 aliphatic carbocycles. The van der Waals surface area contributed by atoms with Crippen LogP contribution in [-0.2, 0) is 9.59 Å². The third-order valence-electron chi connectivity index (χ3n) is 4.40. The Labute approximate surface area is 193 Å². The molecule has 0 saturated carbocycles. The van der Waals surface area contributed by atoms with E-state index in [0.717, 1.165) is 15.6 Å². The topological polar surface area (TPSA) is 96.9 Å². The van der Waals surface area contributed by atoms with E-state index in [2.05, 4.69) is 31.8 Å². The number of benzene rings is 3. The van der Waals surface area contributed by atoms with Crippen molar-refractivity contribution in [3.05, 3.63) is 93.5 Å². The van der Waals surface area contributed by atoms with Gasteiger partial charge in [-0.3, -0.25) is 9.59 Å². The first-order valence-corrected chi connectivity index (χ1v) is 10.4. The van der Waals surface area contributed by atoms with Crippen LogP contribution < -0.4 is 15.5 Å². The number of esters is 1. The zero-order valence-electron chi connectivity index (χ0n) is 17.4. The van der Waals surface area contributed by atoms with Gasteiger partial charge in [-0.2, -0.15) is 5.10 Å². The minimum Gasteiger partial charge on any atom is -0.423 e. The van der Waals surface area contributed by atoms with Crippen molar-refractivity contribution in [3.63, 3.8) is 0 Å². The van der Waals surface area contributed by atoms with E-state index in [1.54, 1.807) is 48.5 Å². The molecule has 3 aromatic carbocycles. The van der Waals surface area contributed by atoms with Gasteiger partial charge in [0, 0.05) is 10.2 Å². The molecule has 0 aromatic heterocycles. The summed E-state index contributed by atoms with van der Waals surface area (Å²) in [4.78, 5) is 36.1. The molecule has 3 rings (SSSR count). The molecule has 0 aliphatic heterocycles. The van der Waals surface area contributed by atoms with Crippen LogP contribution >= 0.6 is 15.9 Å². The number of halogens is 1. The summed E-state index contributed by atoms with van der Waals surface area (Å²) in [5, 5.41) is 6.32. The molecular formula is C24H20BrN3O4. The highest BCUT2D eigenvalue weighted by molar-refractivity contribution is 9.10. The summed E-state index contributed by atoms with van der Waals surface area (Å²) >= 11 is 3.34. The van der Waals surface area contributed by atoms with Crippen LogP contribution in [-0.4, -0.2) is 24.0 Å². The molecule has 0 aliphatic rings. The van der Waals surface area contributed by atoms with E-state index in [4.69, 9.17) is 4.74 Å². The Morgan fingerprint density at radius 1 is 0.906 bits per heavy atom. The number of hydrogen-bond donors (Lipinski definition) is 2. The monoisotopic (exact) mass is 493 g/mol. The van der Waals surface area contributed by atoms with E-state index in [9.17, 15) is 14.4 Å². The van der Waals surface area contributed by atoms with Crippen LogP contribution in [0.3, 0.4) is 0 Å². The molecular weight excluding hydrogens is 474 g/mol.